The average molecular weight is 283 g/mol. The Morgan fingerprint density at radius 2 is 2.27 bits per heavy atom. The molecule has 0 heterocycles. The molecule has 0 bridgehead atoms. The normalized spacial score (nSPS) is 9.73. The summed E-state index contributed by atoms with van der Waals surface area (Å²) in [6, 6.07) is 5.71. The summed E-state index contributed by atoms with van der Waals surface area (Å²) in [5.41, 5.74) is 0. The van der Waals surface area contributed by atoms with Crippen LogP contribution in [0.1, 0.15) is 6.92 Å². The molecule has 11 heavy (non-hydrogen) atoms. The van der Waals surface area contributed by atoms with Crippen LogP contribution in [0.4, 0.5) is 0 Å². The van der Waals surface area contributed by atoms with Crippen LogP contribution < -0.4 is 4.74 Å². The third-order valence-electron chi connectivity index (χ3n) is 1.19. The van der Waals surface area contributed by atoms with Gasteiger partial charge in [-0.2, -0.15) is 0 Å². The monoisotopic (exact) mass is 282 g/mol. The van der Waals surface area contributed by atoms with Crippen LogP contribution in [0.15, 0.2) is 18.2 Å². The van der Waals surface area contributed by atoms with E-state index >= 15 is 0 Å². The first-order chi connectivity index (χ1) is 5.24. The van der Waals surface area contributed by atoms with E-state index in [0.29, 0.717) is 11.6 Å². The van der Waals surface area contributed by atoms with E-state index in [9.17, 15) is 0 Å². The van der Waals surface area contributed by atoms with Gasteiger partial charge in [0, 0.05) is 3.57 Å². The smallest absolute Gasteiger partial charge is 0.138 e. The van der Waals surface area contributed by atoms with Gasteiger partial charge < -0.3 is 4.74 Å². The van der Waals surface area contributed by atoms with Crippen LogP contribution in [0.25, 0.3) is 0 Å². The lowest BCUT2D eigenvalue weighted by atomic mass is 10.3. The van der Waals surface area contributed by atoms with Gasteiger partial charge >= 0.3 is 0 Å². The molecule has 0 saturated heterocycles. The second kappa shape index (κ2) is 4.16. The highest BCUT2D eigenvalue weighted by Gasteiger charge is 1.99. The molecule has 1 rings (SSSR count). The van der Waals surface area contributed by atoms with E-state index in [1.807, 2.05) is 25.1 Å². The molecule has 0 aliphatic heterocycles. The van der Waals surface area contributed by atoms with Crippen molar-refractivity contribution in [3.63, 3.8) is 0 Å². The summed E-state index contributed by atoms with van der Waals surface area (Å²) in [4.78, 5) is 0. The van der Waals surface area contributed by atoms with E-state index in [2.05, 4.69) is 22.6 Å². The van der Waals surface area contributed by atoms with E-state index in [0.717, 1.165) is 9.32 Å². The second-order valence-electron chi connectivity index (χ2n) is 2.01. The number of hydrogen-bond donors (Lipinski definition) is 0. The number of ether oxygens (including phenoxy) is 1. The minimum absolute atomic E-state index is 0.653. The Balaban J connectivity index is 2.93. The highest BCUT2D eigenvalue weighted by Crippen LogP contribution is 2.25. The molecule has 0 atom stereocenters. The average Bonchev–Trinajstić information content (AvgIpc) is 1.98. The first-order valence-electron chi connectivity index (χ1n) is 3.32. The van der Waals surface area contributed by atoms with Crippen molar-refractivity contribution in [2.45, 2.75) is 6.92 Å². The summed E-state index contributed by atoms with van der Waals surface area (Å²) < 4.78 is 6.42. The Kier molecular flexibility index (Phi) is 3.45. The molecule has 0 amide bonds. The molecule has 0 fully saturated rings. The second-order valence-corrected chi connectivity index (χ2v) is 3.66. The quantitative estimate of drug-likeness (QED) is 0.756. The molecule has 1 aromatic carbocycles. The van der Waals surface area contributed by atoms with E-state index in [1.165, 1.54) is 0 Å². The van der Waals surface area contributed by atoms with E-state index in [-0.39, 0.29) is 0 Å². The number of halogens is 2. The predicted molar refractivity (Wildman–Crippen MR) is 55.3 cm³/mol. The van der Waals surface area contributed by atoms with Gasteiger partial charge in [0.05, 0.1) is 11.6 Å². The molecular formula is C8H8ClIO. The van der Waals surface area contributed by atoms with Gasteiger partial charge in [-0.25, -0.2) is 0 Å². The summed E-state index contributed by atoms with van der Waals surface area (Å²) >= 11 is 8.07. The molecule has 60 valence electrons. The van der Waals surface area contributed by atoms with Crippen LogP contribution in [0.2, 0.25) is 5.02 Å². The zero-order chi connectivity index (χ0) is 8.27. The maximum absolute atomic E-state index is 5.85. The van der Waals surface area contributed by atoms with Gasteiger partial charge in [0.1, 0.15) is 5.75 Å². The summed E-state index contributed by atoms with van der Waals surface area (Å²) in [5, 5.41) is 0.673. The third-order valence-corrected chi connectivity index (χ3v) is 2.18. The summed E-state index contributed by atoms with van der Waals surface area (Å²) in [5.74, 6) is 0.765. The zero-order valence-corrected chi connectivity index (χ0v) is 9.02. The lowest BCUT2D eigenvalue weighted by Gasteiger charge is -2.04. The van der Waals surface area contributed by atoms with Crippen molar-refractivity contribution in [1.29, 1.82) is 0 Å². The van der Waals surface area contributed by atoms with Gasteiger partial charge in [-0.05, 0) is 47.7 Å². The van der Waals surface area contributed by atoms with Crippen LogP contribution in [-0.2, 0) is 0 Å². The number of benzene rings is 1. The SMILES string of the molecule is CCOc1cc(I)ccc1Cl. The van der Waals surface area contributed by atoms with Gasteiger partial charge in [-0.1, -0.05) is 11.6 Å². The first-order valence-corrected chi connectivity index (χ1v) is 4.77. The minimum atomic E-state index is 0.653. The van der Waals surface area contributed by atoms with Crippen LogP contribution >= 0.6 is 34.2 Å². The Morgan fingerprint density at radius 3 is 2.91 bits per heavy atom. The number of rotatable bonds is 2. The maximum Gasteiger partial charge on any atom is 0.138 e. The fourth-order valence-corrected chi connectivity index (χ4v) is 1.38. The number of hydrogen-bond acceptors (Lipinski definition) is 1. The van der Waals surface area contributed by atoms with Gasteiger partial charge in [0.2, 0.25) is 0 Å². The van der Waals surface area contributed by atoms with Gasteiger partial charge in [-0.15, -0.1) is 0 Å². The molecule has 0 aliphatic rings. The van der Waals surface area contributed by atoms with Crippen LogP contribution in [0.3, 0.4) is 0 Å². The Hall–Kier alpha value is 0.0400. The Labute approximate surface area is 84.8 Å². The lowest BCUT2D eigenvalue weighted by molar-refractivity contribution is 0.340. The van der Waals surface area contributed by atoms with Gasteiger partial charge in [-0.3, -0.25) is 0 Å². The lowest BCUT2D eigenvalue weighted by Crippen LogP contribution is -1.92. The molecule has 0 aromatic heterocycles. The standard InChI is InChI=1S/C8H8ClIO/c1-2-11-8-5-6(10)3-4-7(8)9/h3-5H,2H2,1H3. The molecule has 0 saturated carbocycles. The fourth-order valence-electron chi connectivity index (χ4n) is 0.743. The van der Waals surface area contributed by atoms with Crippen LogP contribution in [0, 0.1) is 3.57 Å². The van der Waals surface area contributed by atoms with E-state index in [4.69, 9.17) is 16.3 Å². The molecule has 1 aromatic rings. The predicted octanol–water partition coefficient (Wildman–Crippen LogP) is 3.34. The van der Waals surface area contributed by atoms with Crippen molar-refractivity contribution in [3.05, 3.63) is 26.8 Å². The molecule has 0 radical (unpaired) electrons. The first kappa shape index (κ1) is 9.13. The van der Waals surface area contributed by atoms with Crippen molar-refractivity contribution in [2.75, 3.05) is 6.61 Å². The molecular weight excluding hydrogens is 274 g/mol. The van der Waals surface area contributed by atoms with Crippen LogP contribution in [-0.4, -0.2) is 6.61 Å². The summed E-state index contributed by atoms with van der Waals surface area (Å²) in [6.45, 7) is 2.59. The van der Waals surface area contributed by atoms with Gasteiger partial charge in [0.25, 0.3) is 0 Å². The van der Waals surface area contributed by atoms with Crippen molar-refractivity contribution in [1.82, 2.24) is 0 Å². The van der Waals surface area contributed by atoms with E-state index in [1.54, 1.807) is 0 Å². The highest BCUT2D eigenvalue weighted by atomic mass is 127. The third kappa shape index (κ3) is 2.52. The molecule has 0 aliphatic carbocycles. The Morgan fingerprint density at radius 1 is 1.55 bits per heavy atom. The van der Waals surface area contributed by atoms with E-state index < -0.39 is 0 Å². The van der Waals surface area contributed by atoms with Crippen molar-refractivity contribution >= 4 is 34.2 Å². The van der Waals surface area contributed by atoms with Crippen molar-refractivity contribution < 1.29 is 4.74 Å². The highest BCUT2D eigenvalue weighted by molar-refractivity contribution is 14.1. The van der Waals surface area contributed by atoms with Gasteiger partial charge in [0.15, 0.2) is 0 Å². The molecule has 0 N–H and O–H groups in total. The topological polar surface area (TPSA) is 9.23 Å². The van der Waals surface area contributed by atoms with Crippen LogP contribution in [0.5, 0.6) is 5.75 Å². The molecule has 1 nitrogen and oxygen atoms in total. The molecule has 0 spiro atoms. The Bertz CT molecular complexity index is 250. The zero-order valence-electron chi connectivity index (χ0n) is 6.10. The summed E-state index contributed by atoms with van der Waals surface area (Å²) in [6.07, 6.45) is 0. The molecule has 3 heteroatoms. The fraction of sp³-hybridized carbons (Fsp3) is 0.250. The largest absolute Gasteiger partial charge is 0.492 e. The maximum atomic E-state index is 5.85. The summed E-state index contributed by atoms with van der Waals surface area (Å²) in [7, 11) is 0. The van der Waals surface area contributed by atoms with Crippen molar-refractivity contribution in [3.8, 4) is 5.75 Å². The molecule has 0 unspecified atom stereocenters. The minimum Gasteiger partial charge on any atom is -0.492 e. The van der Waals surface area contributed by atoms with Crippen molar-refractivity contribution in [2.24, 2.45) is 0 Å².